The summed E-state index contributed by atoms with van der Waals surface area (Å²) in [6, 6.07) is 10.7. The van der Waals surface area contributed by atoms with E-state index in [2.05, 4.69) is 5.32 Å². The van der Waals surface area contributed by atoms with Crippen LogP contribution in [-0.4, -0.2) is 64.7 Å². The summed E-state index contributed by atoms with van der Waals surface area (Å²) in [5.74, 6) is 1.81. The van der Waals surface area contributed by atoms with Crippen LogP contribution in [0.3, 0.4) is 0 Å². The minimum atomic E-state index is -0.378. The van der Waals surface area contributed by atoms with Crippen LogP contribution < -0.4 is 24.3 Å². The number of anilines is 1. The first kappa shape index (κ1) is 27.8. The summed E-state index contributed by atoms with van der Waals surface area (Å²) in [6.45, 7) is 2.84. The lowest BCUT2D eigenvalue weighted by atomic mass is 10.0. The highest BCUT2D eigenvalue weighted by atomic mass is 32.1. The number of rotatable bonds is 9. The van der Waals surface area contributed by atoms with Gasteiger partial charge in [-0.2, -0.15) is 0 Å². The third-order valence-corrected chi connectivity index (χ3v) is 7.33. The fourth-order valence-corrected chi connectivity index (χ4v) is 5.50. The number of carbonyl (C=O) groups excluding carboxylic acids is 2. The second-order valence-electron chi connectivity index (χ2n) is 8.42. The van der Waals surface area contributed by atoms with E-state index < -0.39 is 0 Å². The van der Waals surface area contributed by atoms with Crippen molar-refractivity contribution in [2.45, 2.75) is 19.9 Å². The zero-order valence-electron chi connectivity index (χ0n) is 22.5. The summed E-state index contributed by atoms with van der Waals surface area (Å²) in [7, 11) is 6.20. The van der Waals surface area contributed by atoms with Crippen molar-refractivity contribution >= 4 is 40.2 Å². The zero-order chi connectivity index (χ0) is 27.9. The number of benzene rings is 2. The van der Waals surface area contributed by atoms with E-state index in [-0.39, 0.29) is 12.0 Å². The van der Waals surface area contributed by atoms with Crippen LogP contribution in [0.5, 0.6) is 23.0 Å². The van der Waals surface area contributed by atoms with E-state index >= 15 is 0 Å². The highest BCUT2D eigenvalue weighted by Gasteiger charge is 2.30. The number of hydrogen-bond donors (Lipinski definition) is 1. The molecule has 206 valence electrons. The Morgan fingerprint density at radius 3 is 2.38 bits per heavy atom. The molecule has 0 spiro atoms. The van der Waals surface area contributed by atoms with Gasteiger partial charge in [0.15, 0.2) is 11.5 Å². The van der Waals surface area contributed by atoms with E-state index in [4.69, 9.17) is 28.7 Å². The molecule has 1 aliphatic heterocycles. The van der Waals surface area contributed by atoms with Crippen LogP contribution in [0.25, 0.3) is 0 Å². The number of para-hydroxylation sites is 2. The number of amides is 2. The van der Waals surface area contributed by atoms with Gasteiger partial charge in [0.25, 0.3) is 5.91 Å². The van der Waals surface area contributed by atoms with Gasteiger partial charge in [0.1, 0.15) is 16.5 Å². The third kappa shape index (κ3) is 5.93. The van der Waals surface area contributed by atoms with Crippen LogP contribution in [0.1, 0.15) is 33.3 Å². The first-order valence-corrected chi connectivity index (χ1v) is 13.1. The van der Waals surface area contributed by atoms with E-state index in [1.807, 2.05) is 12.1 Å². The molecule has 10 nitrogen and oxygen atoms in total. The molecule has 39 heavy (non-hydrogen) atoms. The molecule has 0 atom stereocenters. The van der Waals surface area contributed by atoms with Crippen LogP contribution in [-0.2, 0) is 17.7 Å². The maximum atomic E-state index is 13.7. The van der Waals surface area contributed by atoms with E-state index in [0.29, 0.717) is 70.9 Å². The highest BCUT2D eigenvalue weighted by Crippen LogP contribution is 2.41. The molecule has 0 bridgehead atoms. The zero-order valence-corrected chi connectivity index (χ0v) is 23.3. The summed E-state index contributed by atoms with van der Waals surface area (Å²) in [5.41, 5.74) is 2.51. The average molecular weight is 554 g/mol. The van der Waals surface area contributed by atoms with Crippen LogP contribution >= 0.6 is 11.3 Å². The number of aliphatic imine (C=N–C) groups is 1. The molecule has 2 amide bonds. The Labute approximate surface area is 231 Å². The normalized spacial score (nSPS) is 12.6. The Morgan fingerprint density at radius 2 is 1.69 bits per heavy atom. The number of ether oxygens (including phenoxy) is 5. The number of hydrogen-bond acceptors (Lipinski definition) is 9. The van der Waals surface area contributed by atoms with Gasteiger partial charge in [0.2, 0.25) is 0 Å². The first-order valence-electron chi connectivity index (χ1n) is 12.3. The lowest BCUT2D eigenvalue weighted by molar-refractivity contribution is 0.102. The molecule has 2 aromatic carbocycles. The van der Waals surface area contributed by atoms with E-state index in [0.717, 1.165) is 10.4 Å². The van der Waals surface area contributed by atoms with Crippen molar-refractivity contribution in [1.82, 2.24) is 4.90 Å². The lowest BCUT2D eigenvalue weighted by Crippen LogP contribution is -2.36. The second-order valence-corrected chi connectivity index (χ2v) is 9.50. The minimum Gasteiger partial charge on any atom is -0.496 e. The molecule has 0 unspecified atom stereocenters. The van der Waals surface area contributed by atoms with Crippen LogP contribution in [0.2, 0.25) is 0 Å². The molecule has 2 heterocycles. The maximum Gasteiger partial charge on any atom is 0.410 e. The first-order chi connectivity index (χ1) is 18.9. The number of methoxy groups -OCH3 is 4. The molecule has 0 radical (unpaired) electrons. The maximum absolute atomic E-state index is 13.7. The average Bonchev–Trinajstić information content (AvgIpc) is 3.33. The Balaban J connectivity index is 1.75. The van der Waals surface area contributed by atoms with Gasteiger partial charge in [-0.15, -0.1) is 11.3 Å². The summed E-state index contributed by atoms with van der Waals surface area (Å²) < 4.78 is 26.9. The fourth-order valence-electron chi connectivity index (χ4n) is 4.30. The molecule has 4 rings (SSSR count). The van der Waals surface area contributed by atoms with Crippen molar-refractivity contribution < 1.29 is 33.3 Å². The molecule has 1 N–H and O–H groups in total. The molecule has 1 aromatic heterocycles. The van der Waals surface area contributed by atoms with Crippen molar-refractivity contribution in [2.24, 2.45) is 4.99 Å². The number of nitrogens with zero attached hydrogens (tertiary/aromatic N) is 2. The quantitative estimate of drug-likeness (QED) is 0.358. The molecule has 1 aliphatic rings. The number of thiophene rings is 1. The smallest absolute Gasteiger partial charge is 0.410 e. The van der Waals surface area contributed by atoms with Crippen molar-refractivity contribution in [3.8, 4) is 23.0 Å². The Bertz CT molecular complexity index is 1390. The van der Waals surface area contributed by atoms with Crippen LogP contribution in [0.4, 0.5) is 15.5 Å². The second kappa shape index (κ2) is 12.5. The van der Waals surface area contributed by atoms with E-state index in [1.54, 1.807) is 70.7 Å². The summed E-state index contributed by atoms with van der Waals surface area (Å²) in [4.78, 5) is 33.3. The van der Waals surface area contributed by atoms with Gasteiger partial charge in [-0.3, -0.25) is 4.79 Å². The van der Waals surface area contributed by atoms with Gasteiger partial charge >= 0.3 is 6.09 Å². The third-order valence-electron chi connectivity index (χ3n) is 6.20. The van der Waals surface area contributed by atoms with Gasteiger partial charge in [0.05, 0.1) is 52.8 Å². The number of carbonyl (C=O) groups is 2. The Hall–Kier alpha value is -4.25. The number of nitrogens with one attached hydrogen (secondary N) is 1. The monoisotopic (exact) mass is 553 g/mol. The molecule has 0 fully saturated rings. The summed E-state index contributed by atoms with van der Waals surface area (Å²) in [6.07, 6.45) is 1.74. The van der Waals surface area contributed by atoms with E-state index in [1.165, 1.54) is 11.3 Å². The largest absolute Gasteiger partial charge is 0.496 e. The van der Waals surface area contributed by atoms with Gasteiger partial charge in [-0.25, -0.2) is 9.79 Å². The molecular formula is C28H31N3O7S. The van der Waals surface area contributed by atoms with Crippen molar-refractivity contribution in [3.05, 3.63) is 58.0 Å². The Kier molecular flexibility index (Phi) is 8.92. The predicted molar refractivity (Wildman–Crippen MR) is 150 cm³/mol. The molecule has 0 saturated carbocycles. The Morgan fingerprint density at radius 1 is 1.00 bits per heavy atom. The predicted octanol–water partition coefficient (Wildman–Crippen LogP) is 5.30. The standard InChI is InChI=1S/C28H31N3O7S/c1-6-38-28(33)31-12-11-18-24(16-31)39-27(25(18)26(32)30-19-9-7-8-10-20(19)34-2)29-15-17-13-22(36-4)23(37-5)14-21(17)35-3/h7-10,13-15H,6,11-12,16H2,1-5H3,(H,30,32)/b29-15+. The van der Waals surface area contributed by atoms with Gasteiger partial charge < -0.3 is 33.9 Å². The van der Waals surface area contributed by atoms with E-state index in [9.17, 15) is 9.59 Å². The van der Waals surface area contributed by atoms with Crippen LogP contribution in [0, 0.1) is 0 Å². The fraction of sp³-hybridized carbons (Fsp3) is 0.321. The van der Waals surface area contributed by atoms with Gasteiger partial charge in [-0.05, 0) is 37.1 Å². The lowest BCUT2D eigenvalue weighted by Gasteiger charge is -2.26. The molecule has 0 saturated heterocycles. The van der Waals surface area contributed by atoms with Crippen molar-refractivity contribution in [2.75, 3.05) is 46.9 Å². The number of fused-ring (bicyclic) bond motifs is 1. The molecular weight excluding hydrogens is 522 g/mol. The minimum absolute atomic E-state index is 0.294. The molecule has 0 aliphatic carbocycles. The van der Waals surface area contributed by atoms with Gasteiger partial charge in [0, 0.05) is 29.3 Å². The SMILES string of the molecule is CCOC(=O)N1CCc2c(sc(/N=C/c3cc(OC)c(OC)cc3OC)c2C(=O)Nc2ccccc2OC)C1. The molecule has 3 aromatic rings. The van der Waals surface area contributed by atoms with Crippen LogP contribution in [0.15, 0.2) is 41.4 Å². The molecule has 11 heteroatoms. The van der Waals surface area contributed by atoms with Gasteiger partial charge in [-0.1, -0.05) is 12.1 Å². The van der Waals surface area contributed by atoms with Crippen molar-refractivity contribution in [3.63, 3.8) is 0 Å². The summed E-state index contributed by atoms with van der Waals surface area (Å²) >= 11 is 1.36. The topological polar surface area (TPSA) is 108 Å². The summed E-state index contributed by atoms with van der Waals surface area (Å²) in [5, 5.41) is 3.47. The highest BCUT2D eigenvalue weighted by molar-refractivity contribution is 7.16. The van der Waals surface area contributed by atoms with Crippen molar-refractivity contribution in [1.29, 1.82) is 0 Å².